The van der Waals surface area contributed by atoms with Gasteiger partial charge in [-0.25, -0.2) is 4.79 Å². The van der Waals surface area contributed by atoms with Gasteiger partial charge in [0.2, 0.25) is 5.91 Å². The highest BCUT2D eigenvalue weighted by Gasteiger charge is 2.12. The first-order valence-corrected chi connectivity index (χ1v) is 5.80. The number of anilines is 1. The Morgan fingerprint density at radius 3 is 2.78 bits per heavy atom. The van der Waals surface area contributed by atoms with Crippen LogP contribution in [0.15, 0.2) is 22.7 Å². The summed E-state index contributed by atoms with van der Waals surface area (Å²) < 4.78 is 0.628. The second-order valence-corrected chi connectivity index (χ2v) is 4.27. The smallest absolute Gasteiger partial charge is 0.337 e. The van der Waals surface area contributed by atoms with Gasteiger partial charge in [0.15, 0.2) is 0 Å². The van der Waals surface area contributed by atoms with Crippen LogP contribution in [-0.4, -0.2) is 30.1 Å². The molecule has 0 aliphatic rings. The molecule has 3 N–H and O–H groups in total. The Kier molecular flexibility index (Phi) is 5.36. The van der Waals surface area contributed by atoms with Crippen molar-refractivity contribution >= 4 is 33.5 Å². The Bertz CT molecular complexity index is 509. The lowest BCUT2D eigenvalue weighted by atomic mass is 10.2. The number of rotatable bonds is 5. The van der Waals surface area contributed by atoms with Crippen LogP contribution in [0.2, 0.25) is 0 Å². The minimum Gasteiger partial charge on any atom is -0.478 e. The summed E-state index contributed by atoms with van der Waals surface area (Å²) in [5.41, 5.74) is 0.271. The molecule has 0 aliphatic carbocycles. The highest BCUT2D eigenvalue weighted by atomic mass is 79.9. The zero-order valence-electron chi connectivity index (χ0n) is 9.37. The molecule has 0 fully saturated rings. The molecule has 0 unspecified atom stereocenters. The summed E-state index contributed by atoms with van der Waals surface area (Å²) >= 11 is 3.17. The van der Waals surface area contributed by atoms with E-state index in [9.17, 15) is 9.59 Å². The normalized spacial score (nSPS) is 9.56. The van der Waals surface area contributed by atoms with E-state index >= 15 is 0 Å². The number of carboxylic acid groups (broad SMARTS) is 1. The predicted molar refractivity (Wildman–Crippen MR) is 71.4 cm³/mol. The van der Waals surface area contributed by atoms with E-state index in [-0.39, 0.29) is 30.2 Å². The van der Waals surface area contributed by atoms with Gasteiger partial charge < -0.3 is 10.4 Å². The number of benzene rings is 1. The van der Waals surface area contributed by atoms with Crippen LogP contribution in [0.1, 0.15) is 10.4 Å². The average molecular weight is 311 g/mol. The number of terminal acetylenes is 1. The van der Waals surface area contributed by atoms with Gasteiger partial charge in [0.25, 0.3) is 0 Å². The first kappa shape index (κ1) is 14.2. The number of hydrogen-bond acceptors (Lipinski definition) is 3. The van der Waals surface area contributed by atoms with Gasteiger partial charge >= 0.3 is 5.97 Å². The molecule has 0 aliphatic heterocycles. The minimum atomic E-state index is -1.11. The molecule has 0 saturated carbocycles. The molecule has 0 heterocycles. The van der Waals surface area contributed by atoms with E-state index < -0.39 is 5.97 Å². The van der Waals surface area contributed by atoms with Gasteiger partial charge in [-0.05, 0) is 18.2 Å². The number of carbonyl (C=O) groups excluding carboxylic acids is 1. The van der Waals surface area contributed by atoms with Crippen molar-refractivity contribution in [1.82, 2.24) is 5.32 Å². The molecule has 0 atom stereocenters. The predicted octanol–water partition coefficient (Wildman–Crippen LogP) is 1.31. The number of halogens is 1. The zero-order chi connectivity index (χ0) is 13.5. The lowest BCUT2D eigenvalue weighted by Crippen LogP contribution is -2.28. The molecule has 0 radical (unpaired) electrons. The number of nitrogens with one attached hydrogen (secondary N) is 2. The Hall–Kier alpha value is -1.84. The van der Waals surface area contributed by atoms with Crippen LogP contribution in [0.25, 0.3) is 0 Å². The fourth-order valence-electron chi connectivity index (χ4n) is 1.25. The maximum Gasteiger partial charge on any atom is 0.337 e. The van der Waals surface area contributed by atoms with Gasteiger partial charge in [0.1, 0.15) is 0 Å². The van der Waals surface area contributed by atoms with Crippen molar-refractivity contribution in [2.24, 2.45) is 0 Å². The number of hydrogen-bond donors (Lipinski definition) is 3. The summed E-state index contributed by atoms with van der Waals surface area (Å²) in [6, 6.07) is 4.59. The van der Waals surface area contributed by atoms with E-state index in [1.807, 2.05) is 0 Å². The number of carbonyl (C=O) groups is 2. The second kappa shape index (κ2) is 6.79. The second-order valence-electron chi connectivity index (χ2n) is 3.35. The van der Waals surface area contributed by atoms with Crippen LogP contribution in [0.4, 0.5) is 5.69 Å². The van der Waals surface area contributed by atoms with E-state index in [4.69, 9.17) is 11.5 Å². The zero-order valence-corrected chi connectivity index (χ0v) is 11.0. The third kappa shape index (κ3) is 4.20. The fourth-order valence-corrected chi connectivity index (χ4v) is 1.61. The van der Waals surface area contributed by atoms with E-state index in [1.165, 1.54) is 12.1 Å². The van der Waals surface area contributed by atoms with Gasteiger partial charge in [-0.2, -0.15) is 0 Å². The number of carboxylic acids is 1. The SMILES string of the molecule is C#CCNCC(=O)Nc1ccc(Br)cc1C(=O)O. The third-order valence-electron chi connectivity index (χ3n) is 2.00. The summed E-state index contributed by atoms with van der Waals surface area (Å²) in [6.07, 6.45) is 5.02. The maximum atomic E-state index is 11.5. The van der Waals surface area contributed by atoms with Crippen molar-refractivity contribution < 1.29 is 14.7 Å². The van der Waals surface area contributed by atoms with Crippen LogP contribution < -0.4 is 10.6 Å². The van der Waals surface area contributed by atoms with Gasteiger partial charge in [-0.1, -0.05) is 21.9 Å². The van der Waals surface area contributed by atoms with Crippen LogP contribution in [-0.2, 0) is 4.79 Å². The Morgan fingerprint density at radius 1 is 1.44 bits per heavy atom. The highest BCUT2D eigenvalue weighted by molar-refractivity contribution is 9.10. The molecule has 0 bridgehead atoms. The number of aromatic carboxylic acids is 1. The summed E-state index contributed by atoms with van der Waals surface area (Å²) in [4.78, 5) is 22.5. The molecule has 1 amide bonds. The molecule has 94 valence electrons. The van der Waals surface area contributed by atoms with E-state index in [1.54, 1.807) is 6.07 Å². The maximum absolute atomic E-state index is 11.5. The van der Waals surface area contributed by atoms with E-state index in [0.717, 1.165) is 0 Å². The summed E-state index contributed by atoms with van der Waals surface area (Å²) in [5, 5.41) is 14.2. The molecule has 0 saturated heterocycles. The molecule has 18 heavy (non-hydrogen) atoms. The van der Waals surface area contributed by atoms with Gasteiger partial charge in [-0.15, -0.1) is 6.42 Å². The topological polar surface area (TPSA) is 78.4 Å². The summed E-state index contributed by atoms with van der Waals surface area (Å²) in [6.45, 7) is 0.304. The Balaban J connectivity index is 2.75. The van der Waals surface area contributed by atoms with E-state index in [0.29, 0.717) is 4.47 Å². The molecule has 0 spiro atoms. The molecule has 1 aromatic carbocycles. The fraction of sp³-hybridized carbons (Fsp3) is 0.167. The summed E-state index contributed by atoms with van der Waals surface area (Å²) in [7, 11) is 0. The quantitative estimate of drug-likeness (QED) is 0.566. The standard InChI is InChI=1S/C12H11BrN2O3/c1-2-5-14-7-11(16)15-10-4-3-8(13)6-9(10)12(17)18/h1,3-4,6,14H,5,7H2,(H,15,16)(H,17,18). The van der Waals surface area contributed by atoms with Crippen molar-refractivity contribution in [2.75, 3.05) is 18.4 Å². The molecular weight excluding hydrogens is 300 g/mol. The van der Waals surface area contributed by atoms with Crippen molar-refractivity contribution in [1.29, 1.82) is 0 Å². The molecular formula is C12H11BrN2O3. The van der Waals surface area contributed by atoms with Crippen molar-refractivity contribution in [3.8, 4) is 12.3 Å². The molecule has 5 nitrogen and oxygen atoms in total. The number of amides is 1. The first-order valence-electron chi connectivity index (χ1n) is 5.01. The van der Waals surface area contributed by atoms with Gasteiger partial charge in [-0.3, -0.25) is 10.1 Å². The molecule has 6 heteroatoms. The van der Waals surface area contributed by atoms with Crippen molar-refractivity contribution in [3.63, 3.8) is 0 Å². The van der Waals surface area contributed by atoms with E-state index in [2.05, 4.69) is 32.5 Å². The monoisotopic (exact) mass is 310 g/mol. The molecule has 1 aromatic rings. The van der Waals surface area contributed by atoms with Crippen LogP contribution in [0.3, 0.4) is 0 Å². The van der Waals surface area contributed by atoms with Gasteiger partial charge in [0, 0.05) is 4.47 Å². The van der Waals surface area contributed by atoms with Crippen molar-refractivity contribution in [3.05, 3.63) is 28.2 Å². The third-order valence-corrected chi connectivity index (χ3v) is 2.49. The van der Waals surface area contributed by atoms with Crippen molar-refractivity contribution in [2.45, 2.75) is 0 Å². The van der Waals surface area contributed by atoms with Crippen LogP contribution >= 0.6 is 15.9 Å². The lowest BCUT2D eigenvalue weighted by Gasteiger charge is -2.08. The Morgan fingerprint density at radius 2 is 2.17 bits per heavy atom. The first-order chi connectivity index (χ1) is 8.54. The van der Waals surface area contributed by atoms with Crippen LogP contribution in [0, 0.1) is 12.3 Å². The van der Waals surface area contributed by atoms with Crippen LogP contribution in [0.5, 0.6) is 0 Å². The molecule has 1 rings (SSSR count). The minimum absolute atomic E-state index is 0.0228. The largest absolute Gasteiger partial charge is 0.478 e. The lowest BCUT2D eigenvalue weighted by molar-refractivity contribution is -0.115. The Labute approximate surface area is 113 Å². The summed E-state index contributed by atoms with van der Waals surface area (Å²) in [5.74, 6) is 0.873. The average Bonchev–Trinajstić information content (AvgIpc) is 2.31. The van der Waals surface area contributed by atoms with Gasteiger partial charge in [0.05, 0.1) is 24.3 Å². The molecule has 0 aromatic heterocycles. The highest BCUT2D eigenvalue weighted by Crippen LogP contribution is 2.20.